The van der Waals surface area contributed by atoms with E-state index in [0.29, 0.717) is 4.32 Å². The van der Waals surface area contributed by atoms with Crippen molar-refractivity contribution in [2.75, 3.05) is 0 Å². The van der Waals surface area contributed by atoms with Crippen LogP contribution in [0.3, 0.4) is 0 Å². The van der Waals surface area contributed by atoms with E-state index < -0.39 is 0 Å². The van der Waals surface area contributed by atoms with E-state index in [1.807, 2.05) is 6.21 Å². The van der Waals surface area contributed by atoms with Gasteiger partial charge in [-0.1, -0.05) is 25.6 Å². The van der Waals surface area contributed by atoms with Crippen LogP contribution in [0.15, 0.2) is 4.99 Å². The predicted octanol–water partition coefficient (Wildman–Crippen LogP) is 2.46. The molecule has 54 valence electrons. The number of aliphatic imine (C=N–C) groups is 1. The Kier molecular flexibility index (Phi) is 13.0. The van der Waals surface area contributed by atoms with Crippen molar-refractivity contribution in [1.82, 2.24) is 0 Å². The van der Waals surface area contributed by atoms with Crippen molar-refractivity contribution >= 4 is 35.4 Å². The zero-order chi connectivity index (χ0) is 7.11. The maximum atomic E-state index is 4.61. The molecule has 10 heavy (non-hydrogen) atoms. The van der Waals surface area contributed by atoms with Gasteiger partial charge in [-0.25, -0.2) is 4.99 Å². The van der Waals surface area contributed by atoms with Crippen molar-refractivity contribution in [3.05, 3.63) is 0 Å². The van der Waals surface area contributed by atoms with Crippen LogP contribution in [0.4, 0.5) is 0 Å². The van der Waals surface area contributed by atoms with Gasteiger partial charge in [0.05, 0.1) is 0 Å². The fourth-order valence-corrected chi connectivity index (χ4v) is 0.594. The number of rotatable bonds is 3. The molecular weight excluding hydrogens is 216 g/mol. The molecule has 0 aliphatic heterocycles. The second kappa shape index (κ2) is 9.73. The normalized spacial score (nSPS) is 9.40. The average Bonchev–Trinajstić information content (AvgIpc) is 1.80. The summed E-state index contributed by atoms with van der Waals surface area (Å²) in [6.07, 6.45) is 5.21. The molecule has 0 radical (unpaired) electrons. The molecule has 0 rings (SSSR count). The second-order valence-electron chi connectivity index (χ2n) is 1.74. The molecule has 0 saturated carbocycles. The SMILES string of the molecule is CCCCC=NC(=S)S.[Zn]. The summed E-state index contributed by atoms with van der Waals surface area (Å²) in [5, 5.41) is 0. The maximum absolute atomic E-state index is 4.61. The molecule has 0 aliphatic carbocycles. The number of unbranched alkanes of at least 4 members (excludes halogenated alkanes) is 2. The van der Waals surface area contributed by atoms with Gasteiger partial charge >= 0.3 is 0 Å². The van der Waals surface area contributed by atoms with Gasteiger partial charge in [0.25, 0.3) is 0 Å². The first-order valence-corrected chi connectivity index (χ1v) is 3.88. The Balaban J connectivity index is 0. The van der Waals surface area contributed by atoms with Crippen LogP contribution in [0.25, 0.3) is 0 Å². The molecule has 0 heterocycles. The van der Waals surface area contributed by atoms with E-state index in [2.05, 4.69) is 36.8 Å². The van der Waals surface area contributed by atoms with Crippen molar-refractivity contribution in [1.29, 1.82) is 0 Å². The zero-order valence-corrected chi connectivity index (χ0v) is 10.9. The Bertz CT molecular complexity index is 114. The first kappa shape index (κ1) is 13.3. The molecule has 0 atom stereocenters. The minimum Gasteiger partial charge on any atom is -0.243 e. The minimum atomic E-state index is 0. The van der Waals surface area contributed by atoms with Crippen LogP contribution in [0.1, 0.15) is 26.2 Å². The smallest absolute Gasteiger partial charge is 0.156 e. The fourth-order valence-electron chi connectivity index (χ4n) is 0.438. The van der Waals surface area contributed by atoms with Crippen molar-refractivity contribution in [3.63, 3.8) is 0 Å². The van der Waals surface area contributed by atoms with Crippen LogP contribution in [-0.2, 0) is 19.5 Å². The van der Waals surface area contributed by atoms with Gasteiger partial charge in [0.15, 0.2) is 4.32 Å². The molecule has 0 aromatic rings. The molecule has 0 N–H and O–H groups in total. The van der Waals surface area contributed by atoms with Crippen molar-refractivity contribution in [2.24, 2.45) is 4.99 Å². The Morgan fingerprint density at radius 2 is 2.30 bits per heavy atom. The molecule has 0 bridgehead atoms. The summed E-state index contributed by atoms with van der Waals surface area (Å²) < 4.78 is 0.422. The molecule has 0 aromatic heterocycles. The van der Waals surface area contributed by atoms with E-state index in [1.165, 1.54) is 12.8 Å². The van der Waals surface area contributed by atoms with Crippen LogP contribution in [0.5, 0.6) is 0 Å². The van der Waals surface area contributed by atoms with Crippen molar-refractivity contribution < 1.29 is 19.5 Å². The Morgan fingerprint density at radius 3 is 2.70 bits per heavy atom. The van der Waals surface area contributed by atoms with Crippen LogP contribution in [0.2, 0.25) is 0 Å². The minimum absolute atomic E-state index is 0. The van der Waals surface area contributed by atoms with Crippen LogP contribution < -0.4 is 0 Å². The first-order valence-electron chi connectivity index (χ1n) is 3.02. The largest absolute Gasteiger partial charge is 0.243 e. The van der Waals surface area contributed by atoms with Crippen molar-refractivity contribution in [3.8, 4) is 0 Å². The summed E-state index contributed by atoms with van der Waals surface area (Å²) in [5.41, 5.74) is 0. The summed E-state index contributed by atoms with van der Waals surface area (Å²) in [4.78, 5) is 3.83. The fraction of sp³-hybridized carbons (Fsp3) is 0.667. The van der Waals surface area contributed by atoms with E-state index >= 15 is 0 Å². The van der Waals surface area contributed by atoms with Gasteiger partial charge in [-0.3, -0.25) is 0 Å². The second-order valence-corrected chi connectivity index (χ2v) is 2.85. The van der Waals surface area contributed by atoms with Gasteiger partial charge in [0.1, 0.15) is 0 Å². The molecule has 0 amide bonds. The summed E-state index contributed by atoms with van der Waals surface area (Å²) in [6, 6.07) is 0. The molecular formula is C6H11NS2Zn. The molecule has 4 heteroatoms. The number of thiol groups is 1. The standard InChI is InChI=1S/C6H11NS2.Zn/c1-2-3-4-5-7-6(8)9;/h5H,2-4H2,1H3,(H,8,9);. The predicted molar refractivity (Wildman–Crippen MR) is 49.6 cm³/mol. The number of nitrogens with zero attached hydrogens (tertiary/aromatic N) is 1. The van der Waals surface area contributed by atoms with Gasteiger partial charge in [-0.05, 0) is 12.8 Å². The third-order valence-electron chi connectivity index (χ3n) is 0.889. The summed E-state index contributed by atoms with van der Waals surface area (Å²) in [5.74, 6) is 0. The van der Waals surface area contributed by atoms with E-state index in [0.717, 1.165) is 6.42 Å². The summed E-state index contributed by atoms with van der Waals surface area (Å²) in [6.45, 7) is 2.15. The topological polar surface area (TPSA) is 12.4 Å². The summed E-state index contributed by atoms with van der Waals surface area (Å²) in [7, 11) is 0. The van der Waals surface area contributed by atoms with Crippen LogP contribution in [0, 0.1) is 0 Å². The maximum Gasteiger partial charge on any atom is 0.156 e. The molecule has 0 aliphatic rings. The molecule has 0 saturated heterocycles. The quantitative estimate of drug-likeness (QED) is 0.256. The van der Waals surface area contributed by atoms with Gasteiger partial charge in [-0.15, -0.1) is 12.6 Å². The summed E-state index contributed by atoms with van der Waals surface area (Å²) >= 11 is 8.45. The Labute approximate surface area is 85.9 Å². The Morgan fingerprint density at radius 1 is 1.70 bits per heavy atom. The monoisotopic (exact) mass is 225 g/mol. The van der Waals surface area contributed by atoms with Gasteiger partial charge in [0.2, 0.25) is 0 Å². The number of hydrogen-bond acceptors (Lipinski definition) is 1. The third-order valence-corrected chi connectivity index (χ3v) is 1.11. The van der Waals surface area contributed by atoms with Gasteiger partial charge < -0.3 is 0 Å². The molecule has 0 aromatic carbocycles. The Hall–Kier alpha value is 0.733. The van der Waals surface area contributed by atoms with E-state index in [9.17, 15) is 0 Å². The zero-order valence-electron chi connectivity index (χ0n) is 6.21. The van der Waals surface area contributed by atoms with Crippen LogP contribution >= 0.6 is 24.8 Å². The van der Waals surface area contributed by atoms with E-state index in [4.69, 9.17) is 0 Å². The van der Waals surface area contributed by atoms with Gasteiger partial charge in [0, 0.05) is 25.7 Å². The number of hydrogen-bond donors (Lipinski definition) is 1. The van der Waals surface area contributed by atoms with Crippen molar-refractivity contribution in [2.45, 2.75) is 26.2 Å². The first-order chi connectivity index (χ1) is 4.27. The molecule has 0 spiro atoms. The molecule has 0 unspecified atom stereocenters. The third kappa shape index (κ3) is 11.5. The average molecular weight is 227 g/mol. The van der Waals surface area contributed by atoms with Crippen LogP contribution in [-0.4, -0.2) is 10.5 Å². The van der Waals surface area contributed by atoms with Gasteiger partial charge in [-0.2, -0.15) is 0 Å². The van der Waals surface area contributed by atoms with E-state index in [1.54, 1.807) is 0 Å². The molecule has 0 fully saturated rings. The van der Waals surface area contributed by atoms with E-state index in [-0.39, 0.29) is 19.5 Å². The number of thiocarbonyl (C=S) groups is 1. The molecule has 1 nitrogen and oxygen atoms in total.